The Morgan fingerprint density at radius 1 is 1.24 bits per heavy atom. The number of ether oxygens (including phenoxy) is 1. The van der Waals surface area contributed by atoms with Crippen molar-refractivity contribution in [1.29, 1.82) is 0 Å². The Kier molecular flexibility index (Phi) is 5.87. The maximum absolute atomic E-state index is 12.6. The van der Waals surface area contributed by atoms with Gasteiger partial charge in [-0.2, -0.15) is 5.10 Å². The van der Waals surface area contributed by atoms with Crippen LogP contribution < -0.4 is 0 Å². The maximum Gasteiger partial charge on any atom is 0.274 e. The van der Waals surface area contributed by atoms with Crippen LogP contribution in [0, 0.1) is 12.8 Å². The third-order valence-electron chi connectivity index (χ3n) is 4.87. The van der Waals surface area contributed by atoms with Crippen LogP contribution in [-0.4, -0.2) is 40.3 Å². The minimum atomic E-state index is 0.0546. The van der Waals surface area contributed by atoms with Crippen LogP contribution >= 0.6 is 0 Å². The quantitative estimate of drug-likeness (QED) is 0.810. The van der Waals surface area contributed by atoms with Gasteiger partial charge >= 0.3 is 0 Å². The van der Waals surface area contributed by atoms with Crippen molar-refractivity contribution in [1.82, 2.24) is 14.7 Å². The molecule has 2 heterocycles. The first-order chi connectivity index (χ1) is 12.2. The van der Waals surface area contributed by atoms with Gasteiger partial charge in [-0.1, -0.05) is 30.3 Å². The summed E-state index contributed by atoms with van der Waals surface area (Å²) in [5.74, 6) is 0.585. The van der Waals surface area contributed by atoms with Gasteiger partial charge in [-0.3, -0.25) is 9.48 Å². The van der Waals surface area contributed by atoms with E-state index in [9.17, 15) is 4.79 Å². The normalized spacial score (nSPS) is 15.5. The second kappa shape index (κ2) is 8.30. The van der Waals surface area contributed by atoms with E-state index >= 15 is 0 Å². The Bertz CT molecular complexity index is 688. The van der Waals surface area contributed by atoms with Gasteiger partial charge in [-0.05, 0) is 44.2 Å². The predicted octanol–water partition coefficient (Wildman–Crippen LogP) is 3.28. The van der Waals surface area contributed by atoms with Crippen LogP contribution in [-0.2, 0) is 17.9 Å². The van der Waals surface area contributed by atoms with Crippen LogP contribution in [0.4, 0.5) is 0 Å². The SMILES string of the molecule is CCn1nc(C(=O)N2CCC(COCc3ccccc3)CC2)cc1C. The van der Waals surface area contributed by atoms with Gasteiger partial charge in [-0.15, -0.1) is 0 Å². The summed E-state index contributed by atoms with van der Waals surface area (Å²) >= 11 is 0. The maximum atomic E-state index is 12.6. The Labute approximate surface area is 149 Å². The summed E-state index contributed by atoms with van der Waals surface area (Å²) in [6.45, 7) is 7.82. The van der Waals surface area contributed by atoms with Crippen molar-refractivity contribution < 1.29 is 9.53 Å². The zero-order valence-corrected chi connectivity index (χ0v) is 15.1. The molecule has 25 heavy (non-hydrogen) atoms. The third-order valence-corrected chi connectivity index (χ3v) is 4.87. The number of rotatable bonds is 6. The summed E-state index contributed by atoms with van der Waals surface area (Å²) in [7, 11) is 0. The zero-order valence-electron chi connectivity index (χ0n) is 15.1. The van der Waals surface area contributed by atoms with Crippen molar-refractivity contribution in [3.05, 3.63) is 53.3 Å². The van der Waals surface area contributed by atoms with Crippen LogP contribution in [0.3, 0.4) is 0 Å². The van der Waals surface area contributed by atoms with E-state index < -0.39 is 0 Å². The molecule has 0 bridgehead atoms. The third kappa shape index (κ3) is 4.48. The van der Waals surface area contributed by atoms with Crippen molar-refractivity contribution in [2.24, 2.45) is 5.92 Å². The summed E-state index contributed by atoms with van der Waals surface area (Å²) in [6.07, 6.45) is 1.99. The van der Waals surface area contributed by atoms with Gasteiger partial charge in [0.25, 0.3) is 5.91 Å². The molecule has 1 saturated heterocycles. The molecule has 0 spiro atoms. The zero-order chi connectivity index (χ0) is 17.6. The van der Waals surface area contributed by atoms with Gasteiger partial charge in [0.15, 0.2) is 5.69 Å². The van der Waals surface area contributed by atoms with Gasteiger partial charge in [-0.25, -0.2) is 0 Å². The van der Waals surface area contributed by atoms with E-state index in [1.165, 1.54) is 5.56 Å². The Morgan fingerprint density at radius 2 is 1.96 bits per heavy atom. The van der Waals surface area contributed by atoms with Gasteiger partial charge in [0.05, 0.1) is 6.61 Å². The largest absolute Gasteiger partial charge is 0.376 e. The minimum absolute atomic E-state index is 0.0546. The van der Waals surface area contributed by atoms with Crippen molar-refractivity contribution in [2.75, 3.05) is 19.7 Å². The first-order valence-electron chi connectivity index (χ1n) is 9.12. The standard InChI is InChI=1S/C20H27N3O2/c1-3-23-16(2)13-19(21-23)20(24)22-11-9-18(10-12-22)15-25-14-17-7-5-4-6-8-17/h4-8,13,18H,3,9-12,14-15H2,1-2H3. The average molecular weight is 341 g/mol. The van der Waals surface area contributed by atoms with E-state index in [0.29, 0.717) is 18.2 Å². The molecule has 1 aliphatic heterocycles. The second-order valence-electron chi connectivity index (χ2n) is 6.72. The molecule has 0 N–H and O–H groups in total. The number of amides is 1. The van der Waals surface area contributed by atoms with E-state index in [2.05, 4.69) is 17.2 Å². The molecule has 134 valence electrons. The van der Waals surface area contributed by atoms with Crippen LogP contribution in [0.5, 0.6) is 0 Å². The van der Waals surface area contributed by atoms with Gasteiger partial charge in [0.2, 0.25) is 0 Å². The molecule has 0 aliphatic carbocycles. The monoisotopic (exact) mass is 341 g/mol. The molecule has 1 amide bonds. The summed E-state index contributed by atoms with van der Waals surface area (Å²) in [4.78, 5) is 14.5. The molecule has 1 aliphatic rings. The van der Waals surface area contributed by atoms with Crippen molar-refractivity contribution in [2.45, 2.75) is 39.8 Å². The molecular formula is C20H27N3O2. The average Bonchev–Trinajstić information content (AvgIpc) is 3.03. The van der Waals surface area contributed by atoms with Crippen LogP contribution in [0.25, 0.3) is 0 Å². The number of likely N-dealkylation sites (tertiary alicyclic amines) is 1. The van der Waals surface area contributed by atoms with E-state index in [1.54, 1.807) is 0 Å². The lowest BCUT2D eigenvalue weighted by molar-refractivity contribution is 0.0475. The Hall–Kier alpha value is -2.14. The van der Waals surface area contributed by atoms with E-state index in [1.807, 2.05) is 47.7 Å². The number of piperidine rings is 1. The molecule has 3 rings (SSSR count). The van der Waals surface area contributed by atoms with Crippen molar-refractivity contribution in [3.8, 4) is 0 Å². The number of carbonyl (C=O) groups excluding carboxylic acids is 1. The number of aryl methyl sites for hydroxylation is 2. The van der Waals surface area contributed by atoms with Gasteiger partial charge < -0.3 is 9.64 Å². The highest BCUT2D eigenvalue weighted by Crippen LogP contribution is 2.20. The lowest BCUT2D eigenvalue weighted by atomic mass is 9.97. The molecule has 0 unspecified atom stereocenters. The van der Waals surface area contributed by atoms with Crippen molar-refractivity contribution >= 4 is 5.91 Å². The van der Waals surface area contributed by atoms with Crippen LogP contribution in [0.15, 0.2) is 36.4 Å². The molecule has 5 heteroatoms. The van der Waals surface area contributed by atoms with Gasteiger partial charge in [0.1, 0.15) is 0 Å². The Morgan fingerprint density at radius 3 is 2.60 bits per heavy atom. The highest BCUT2D eigenvalue weighted by molar-refractivity contribution is 5.92. The van der Waals surface area contributed by atoms with Crippen molar-refractivity contribution in [3.63, 3.8) is 0 Å². The number of nitrogens with zero attached hydrogens (tertiary/aromatic N) is 3. The minimum Gasteiger partial charge on any atom is -0.376 e. The number of benzene rings is 1. The van der Waals surface area contributed by atoms with E-state index in [-0.39, 0.29) is 5.91 Å². The van der Waals surface area contributed by atoms with Gasteiger partial charge in [0, 0.05) is 31.9 Å². The molecule has 5 nitrogen and oxygen atoms in total. The highest BCUT2D eigenvalue weighted by Gasteiger charge is 2.25. The fourth-order valence-electron chi connectivity index (χ4n) is 3.32. The first-order valence-corrected chi connectivity index (χ1v) is 9.12. The molecule has 1 aromatic carbocycles. The number of hydrogen-bond donors (Lipinski definition) is 0. The first kappa shape index (κ1) is 17.7. The molecule has 0 radical (unpaired) electrons. The lowest BCUT2D eigenvalue weighted by Crippen LogP contribution is -2.39. The number of carbonyl (C=O) groups is 1. The molecule has 0 saturated carbocycles. The van der Waals surface area contributed by atoms with Crippen LogP contribution in [0.1, 0.15) is 41.5 Å². The Balaban J connectivity index is 1.44. The molecule has 1 aromatic heterocycles. The summed E-state index contributed by atoms with van der Waals surface area (Å²) in [5, 5.41) is 4.41. The fraction of sp³-hybridized carbons (Fsp3) is 0.500. The topological polar surface area (TPSA) is 47.4 Å². The highest BCUT2D eigenvalue weighted by atomic mass is 16.5. The summed E-state index contributed by atoms with van der Waals surface area (Å²) < 4.78 is 7.73. The smallest absolute Gasteiger partial charge is 0.274 e. The number of aromatic nitrogens is 2. The molecule has 0 atom stereocenters. The molecule has 1 fully saturated rings. The predicted molar refractivity (Wildman–Crippen MR) is 97.4 cm³/mol. The lowest BCUT2D eigenvalue weighted by Gasteiger charge is -2.31. The van der Waals surface area contributed by atoms with E-state index in [4.69, 9.17) is 4.74 Å². The molecular weight excluding hydrogens is 314 g/mol. The summed E-state index contributed by atoms with van der Waals surface area (Å²) in [6, 6.07) is 12.1. The molecule has 2 aromatic rings. The van der Waals surface area contributed by atoms with E-state index in [0.717, 1.165) is 44.8 Å². The second-order valence-corrected chi connectivity index (χ2v) is 6.72. The van der Waals surface area contributed by atoms with Crippen LogP contribution in [0.2, 0.25) is 0 Å². The fourth-order valence-corrected chi connectivity index (χ4v) is 3.32. The number of hydrogen-bond acceptors (Lipinski definition) is 3. The summed E-state index contributed by atoms with van der Waals surface area (Å²) in [5.41, 5.74) is 2.81.